The van der Waals surface area contributed by atoms with Crippen molar-refractivity contribution in [3.63, 3.8) is 0 Å². The molecule has 0 amide bonds. The Balaban J connectivity index is 2.23. The molecule has 0 radical (unpaired) electrons. The van der Waals surface area contributed by atoms with Gasteiger partial charge in [0.25, 0.3) is 0 Å². The third kappa shape index (κ3) is 5.68. The SMILES string of the molecule is CN(C)CCCN(CCCN(C)C)c1ccc2cc(C=O)c(=O)oc2c1. The molecule has 0 aliphatic heterocycles. The van der Waals surface area contributed by atoms with Crippen molar-refractivity contribution in [2.24, 2.45) is 0 Å². The molecule has 2 aromatic rings. The van der Waals surface area contributed by atoms with E-state index in [4.69, 9.17) is 4.42 Å². The van der Waals surface area contributed by atoms with Crippen LogP contribution < -0.4 is 10.5 Å². The van der Waals surface area contributed by atoms with Crippen molar-refractivity contribution < 1.29 is 9.21 Å². The second-order valence-corrected chi connectivity index (χ2v) is 7.13. The van der Waals surface area contributed by atoms with Gasteiger partial charge in [-0.05, 0) is 72.3 Å². The zero-order valence-corrected chi connectivity index (χ0v) is 16.2. The van der Waals surface area contributed by atoms with Crippen LogP contribution in [-0.2, 0) is 0 Å². The van der Waals surface area contributed by atoms with E-state index in [1.54, 1.807) is 6.07 Å². The van der Waals surface area contributed by atoms with E-state index >= 15 is 0 Å². The monoisotopic (exact) mass is 359 g/mol. The van der Waals surface area contributed by atoms with Gasteiger partial charge < -0.3 is 19.1 Å². The minimum Gasteiger partial charge on any atom is -0.422 e. The van der Waals surface area contributed by atoms with Crippen LogP contribution in [0.25, 0.3) is 11.0 Å². The molecule has 6 nitrogen and oxygen atoms in total. The molecule has 1 heterocycles. The van der Waals surface area contributed by atoms with Crippen LogP contribution in [0.4, 0.5) is 5.69 Å². The highest BCUT2D eigenvalue weighted by Crippen LogP contribution is 2.22. The summed E-state index contributed by atoms with van der Waals surface area (Å²) in [6.07, 6.45) is 2.65. The summed E-state index contributed by atoms with van der Waals surface area (Å²) in [5.74, 6) is 0. The predicted molar refractivity (Wildman–Crippen MR) is 106 cm³/mol. The van der Waals surface area contributed by atoms with Crippen LogP contribution in [0.3, 0.4) is 0 Å². The van der Waals surface area contributed by atoms with Crippen molar-refractivity contribution in [3.8, 4) is 0 Å². The van der Waals surface area contributed by atoms with Crippen LogP contribution in [0, 0.1) is 0 Å². The van der Waals surface area contributed by atoms with Crippen molar-refractivity contribution in [2.75, 3.05) is 59.3 Å². The summed E-state index contributed by atoms with van der Waals surface area (Å²) in [5, 5.41) is 0.761. The lowest BCUT2D eigenvalue weighted by Gasteiger charge is -2.26. The zero-order valence-electron chi connectivity index (χ0n) is 16.2. The Morgan fingerprint density at radius 2 is 1.54 bits per heavy atom. The van der Waals surface area contributed by atoms with E-state index in [1.165, 1.54) is 0 Å². The topological polar surface area (TPSA) is 57.0 Å². The number of hydrogen-bond acceptors (Lipinski definition) is 6. The summed E-state index contributed by atoms with van der Waals surface area (Å²) < 4.78 is 5.33. The number of hydrogen-bond donors (Lipinski definition) is 0. The third-order valence-electron chi connectivity index (χ3n) is 4.31. The number of aldehydes is 1. The number of nitrogens with zero attached hydrogens (tertiary/aromatic N) is 3. The van der Waals surface area contributed by atoms with Gasteiger partial charge in [-0.2, -0.15) is 0 Å². The van der Waals surface area contributed by atoms with Crippen molar-refractivity contribution >= 4 is 22.9 Å². The van der Waals surface area contributed by atoms with Gasteiger partial charge in [0.2, 0.25) is 0 Å². The van der Waals surface area contributed by atoms with E-state index in [2.05, 4.69) is 42.9 Å². The fourth-order valence-electron chi connectivity index (χ4n) is 2.92. The van der Waals surface area contributed by atoms with Gasteiger partial charge in [-0.3, -0.25) is 4.79 Å². The molecule has 0 fully saturated rings. The van der Waals surface area contributed by atoms with Crippen LogP contribution in [0.1, 0.15) is 23.2 Å². The van der Waals surface area contributed by atoms with Gasteiger partial charge in [-0.15, -0.1) is 0 Å². The first-order chi connectivity index (χ1) is 12.4. The molecule has 26 heavy (non-hydrogen) atoms. The zero-order chi connectivity index (χ0) is 19.1. The van der Waals surface area contributed by atoms with E-state index in [1.807, 2.05) is 18.2 Å². The molecule has 1 aromatic carbocycles. The van der Waals surface area contributed by atoms with Gasteiger partial charge in [0.15, 0.2) is 6.29 Å². The fraction of sp³-hybridized carbons (Fsp3) is 0.500. The lowest BCUT2D eigenvalue weighted by Crippen LogP contribution is -2.30. The Hall–Kier alpha value is -2.18. The Bertz CT molecular complexity index is 769. The average molecular weight is 359 g/mol. The molecule has 1 aromatic heterocycles. The standard InChI is InChI=1S/C20H29N3O3/c1-21(2)9-5-11-23(12-6-10-22(3)4)18-8-7-16-13-17(15-24)20(25)26-19(16)14-18/h7-8,13-15H,5-6,9-12H2,1-4H3. The van der Waals surface area contributed by atoms with Gasteiger partial charge in [0.1, 0.15) is 11.1 Å². The van der Waals surface area contributed by atoms with E-state index in [-0.39, 0.29) is 5.56 Å². The largest absolute Gasteiger partial charge is 0.422 e. The highest BCUT2D eigenvalue weighted by atomic mass is 16.4. The first-order valence-corrected chi connectivity index (χ1v) is 8.98. The molecule has 0 aliphatic carbocycles. The number of rotatable bonds is 10. The molecule has 0 aliphatic rings. The number of carbonyl (C=O) groups excluding carboxylic acids is 1. The second kappa shape index (κ2) is 9.50. The molecule has 2 rings (SSSR count). The van der Waals surface area contributed by atoms with E-state index in [9.17, 15) is 9.59 Å². The van der Waals surface area contributed by atoms with E-state index in [0.29, 0.717) is 11.9 Å². The van der Waals surface area contributed by atoms with Crippen LogP contribution in [0.5, 0.6) is 0 Å². The molecule has 0 atom stereocenters. The maximum absolute atomic E-state index is 11.8. The summed E-state index contributed by atoms with van der Waals surface area (Å²) in [7, 11) is 8.30. The maximum atomic E-state index is 11.8. The lowest BCUT2D eigenvalue weighted by molar-refractivity contribution is 0.112. The third-order valence-corrected chi connectivity index (χ3v) is 4.31. The summed E-state index contributed by atoms with van der Waals surface area (Å²) in [4.78, 5) is 29.4. The number of carbonyl (C=O) groups is 1. The van der Waals surface area contributed by atoms with E-state index in [0.717, 1.165) is 50.1 Å². The summed E-state index contributed by atoms with van der Waals surface area (Å²) in [5.41, 5.74) is 1.02. The molecule has 0 spiro atoms. The normalized spacial score (nSPS) is 11.5. The second-order valence-electron chi connectivity index (χ2n) is 7.13. The van der Waals surface area contributed by atoms with Gasteiger partial charge in [-0.1, -0.05) is 0 Å². The van der Waals surface area contributed by atoms with Crippen molar-refractivity contribution in [1.82, 2.24) is 9.80 Å². The van der Waals surface area contributed by atoms with Crippen molar-refractivity contribution in [2.45, 2.75) is 12.8 Å². The Morgan fingerprint density at radius 1 is 0.923 bits per heavy atom. The molecular formula is C20H29N3O3. The number of benzene rings is 1. The summed E-state index contributed by atoms with van der Waals surface area (Å²) in [6, 6.07) is 7.42. The minimum absolute atomic E-state index is 0.0547. The fourth-order valence-corrected chi connectivity index (χ4v) is 2.92. The molecule has 0 unspecified atom stereocenters. The van der Waals surface area contributed by atoms with Gasteiger partial charge in [0, 0.05) is 30.2 Å². The van der Waals surface area contributed by atoms with Crippen LogP contribution in [0.2, 0.25) is 0 Å². The highest BCUT2D eigenvalue weighted by molar-refractivity contribution is 5.86. The van der Waals surface area contributed by atoms with Crippen molar-refractivity contribution in [1.29, 1.82) is 0 Å². The molecule has 0 saturated heterocycles. The van der Waals surface area contributed by atoms with Gasteiger partial charge >= 0.3 is 5.63 Å². The lowest BCUT2D eigenvalue weighted by atomic mass is 10.1. The molecule has 6 heteroatoms. The van der Waals surface area contributed by atoms with Gasteiger partial charge in [-0.25, -0.2) is 4.79 Å². The summed E-state index contributed by atoms with van der Waals surface area (Å²) in [6.45, 7) is 3.92. The molecular weight excluding hydrogens is 330 g/mol. The van der Waals surface area contributed by atoms with Crippen molar-refractivity contribution in [3.05, 3.63) is 40.2 Å². The highest BCUT2D eigenvalue weighted by Gasteiger charge is 2.10. The minimum atomic E-state index is -0.587. The Kier molecular flexibility index (Phi) is 7.36. The maximum Gasteiger partial charge on any atom is 0.346 e. The molecule has 0 bridgehead atoms. The Morgan fingerprint density at radius 3 is 2.08 bits per heavy atom. The van der Waals surface area contributed by atoms with Crippen LogP contribution >= 0.6 is 0 Å². The predicted octanol–water partition coefficient (Wildman–Crippen LogP) is 2.32. The van der Waals surface area contributed by atoms with Crippen LogP contribution in [-0.4, -0.2) is 70.5 Å². The molecule has 0 N–H and O–H groups in total. The van der Waals surface area contributed by atoms with Crippen LogP contribution in [0.15, 0.2) is 33.5 Å². The Labute approximate surface area is 155 Å². The van der Waals surface area contributed by atoms with E-state index < -0.39 is 5.63 Å². The molecule has 142 valence electrons. The van der Waals surface area contributed by atoms with Gasteiger partial charge in [0.05, 0.1) is 0 Å². The smallest absolute Gasteiger partial charge is 0.346 e. The quantitative estimate of drug-likeness (QED) is 0.479. The molecule has 0 saturated carbocycles. The average Bonchev–Trinajstić information content (AvgIpc) is 2.58. The number of anilines is 1. The summed E-state index contributed by atoms with van der Waals surface area (Å²) >= 11 is 0. The first-order valence-electron chi connectivity index (χ1n) is 8.98. The first kappa shape index (κ1) is 20.1. The number of fused-ring (bicyclic) bond motifs is 1.